The van der Waals surface area contributed by atoms with Gasteiger partial charge in [-0.15, -0.1) is 11.8 Å². The van der Waals surface area contributed by atoms with Gasteiger partial charge in [-0.05, 0) is 30.5 Å². The summed E-state index contributed by atoms with van der Waals surface area (Å²) in [7, 11) is 0. The third-order valence-corrected chi connectivity index (χ3v) is 2.35. The maximum absolute atomic E-state index is 11.9. The molecule has 1 N–H and O–H groups in total. The van der Waals surface area contributed by atoms with E-state index in [1.165, 1.54) is 23.9 Å². The van der Waals surface area contributed by atoms with Gasteiger partial charge in [0.1, 0.15) is 0 Å². The molecular weight excluding hydrogens is 227 g/mol. The second-order valence-corrected chi connectivity index (χ2v) is 3.56. The monoisotopic (exact) mass is 235 g/mol. The van der Waals surface area contributed by atoms with Gasteiger partial charge in [-0.25, -0.2) is 0 Å². The average molecular weight is 235 g/mol. The number of carbonyl (C=O) groups excluding carboxylic acids is 1. The Kier molecular flexibility index (Phi) is 3.62. The normalized spacial score (nSPS) is 11.2. The van der Waals surface area contributed by atoms with Crippen molar-refractivity contribution in [3.8, 4) is 0 Å². The summed E-state index contributed by atoms with van der Waals surface area (Å²) in [6.07, 6.45) is -3.00. The minimum absolute atomic E-state index is 0.134. The van der Waals surface area contributed by atoms with Crippen molar-refractivity contribution in [2.75, 3.05) is 11.6 Å². The summed E-state index contributed by atoms with van der Waals surface area (Å²) in [6, 6.07) is 6.12. The van der Waals surface area contributed by atoms with Crippen LogP contribution in [-0.4, -0.2) is 18.3 Å². The second-order valence-electron chi connectivity index (χ2n) is 2.68. The molecule has 1 amide bonds. The molecule has 0 bridgehead atoms. The zero-order chi connectivity index (χ0) is 11.5. The number of alkyl halides is 3. The van der Waals surface area contributed by atoms with E-state index in [0.29, 0.717) is 0 Å². The number of hydrogen-bond acceptors (Lipinski definition) is 2. The number of rotatable bonds is 2. The summed E-state index contributed by atoms with van der Waals surface area (Å²) in [4.78, 5) is 11.5. The van der Waals surface area contributed by atoms with Crippen molar-refractivity contribution in [2.45, 2.75) is 11.1 Å². The number of benzene rings is 1. The van der Waals surface area contributed by atoms with Crippen molar-refractivity contribution in [3.63, 3.8) is 0 Å². The first-order valence-electron chi connectivity index (χ1n) is 3.95. The fourth-order valence-corrected chi connectivity index (χ4v) is 1.28. The third-order valence-electron chi connectivity index (χ3n) is 1.61. The molecule has 0 spiro atoms. The smallest absolute Gasteiger partial charge is 0.318 e. The first-order chi connectivity index (χ1) is 6.93. The number of nitrogens with one attached hydrogen (secondary N) is 1. The Labute approximate surface area is 88.9 Å². The van der Waals surface area contributed by atoms with Crippen LogP contribution in [0.1, 0.15) is 0 Å². The fraction of sp³-hybridized carbons (Fsp3) is 0.222. The van der Waals surface area contributed by atoms with Gasteiger partial charge >= 0.3 is 12.1 Å². The van der Waals surface area contributed by atoms with E-state index in [9.17, 15) is 18.0 Å². The highest BCUT2D eigenvalue weighted by Crippen LogP contribution is 2.20. The minimum atomic E-state index is -4.85. The Bertz CT molecular complexity index is 347. The Balaban J connectivity index is 2.70. The molecule has 0 aliphatic rings. The van der Waals surface area contributed by atoms with E-state index in [2.05, 4.69) is 0 Å². The maximum atomic E-state index is 11.9. The quantitative estimate of drug-likeness (QED) is 0.798. The molecule has 0 aliphatic carbocycles. The van der Waals surface area contributed by atoms with Crippen LogP contribution in [0.4, 0.5) is 18.9 Å². The predicted octanol–water partition coefficient (Wildman–Crippen LogP) is 2.91. The Morgan fingerprint density at radius 1 is 1.27 bits per heavy atom. The minimum Gasteiger partial charge on any atom is -0.318 e. The molecule has 0 saturated heterocycles. The predicted molar refractivity (Wildman–Crippen MR) is 52.9 cm³/mol. The lowest BCUT2D eigenvalue weighted by atomic mass is 10.3. The largest absolute Gasteiger partial charge is 0.471 e. The van der Waals surface area contributed by atoms with E-state index in [1.54, 1.807) is 17.4 Å². The van der Waals surface area contributed by atoms with E-state index in [1.807, 2.05) is 6.26 Å². The highest BCUT2D eigenvalue weighted by molar-refractivity contribution is 7.98. The summed E-state index contributed by atoms with van der Waals surface area (Å²) in [6.45, 7) is 0. The second kappa shape index (κ2) is 4.57. The van der Waals surface area contributed by atoms with Crippen molar-refractivity contribution in [3.05, 3.63) is 24.3 Å². The molecule has 0 fully saturated rings. The van der Waals surface area contributed by atoms with Crippen molar-refractivity contribution in [1.82, 2.24) is 0 Å². The summed E-state index contributed by atoms with van der Waals surface area (Å²) in [5.41, 5.74) is 0.134. The molecule has 15 heavy (non-hydrogen) atoms. The van der Waals surface area contributed by atoms with Crippen molar-refractivity contribution < 1.29 is 18.0 Å². The molecule has 82 valence electrons. The topological polar surface area (TPSA) is 29.1 Å². The standard InChI is InChI=1S/C9H8F3NOS/c1-15-7-4-2-6(3-5-7)13-8(14)9(10,11)12/h2-5H,1H3,(H,13,14). The Hall–Kier alpha value is -1.17. The maximum Gasteiger partial charge on any atom is 0.471 e. The number of halogens is 3. The molecule has 0 heterocycles. The van der Waals surface area contributed by atoms with E-state index >= 15 is 0 Å². The van der Waals surface area contributed by atoms with E-state index in [4.69, 9.17) is 0 Å². The van der Waals surface area contributed by atoms with E-state index < -0.39 is 12.1 Å². The summed E-state index contributed by atoms with van der Waals surface area (Å²) in [5.74, 6) is -1.96. The van der Waals surface area contributed by atoms with Gasteiger partial charge in [-0.2, -0.15) is 13.2 Å². The molecular formula is C9H8F3NOS. The summed E-state index contributed by atoms with van der Waals surface area (Å²) < 4.78 is 35.6. The van der Waals surface area contributed by atoms with Crippen LogP contribution >= 0.6 is 11.8 Å². The molecule has 0 saturated carbocycles. The molecule has 0 radical (unpaired) electrons. The van der Waals surface area contributed by atoms with Gasteiger partial charge in [0, 0.05) is 10.6 Å². The van der Waals surface area contributed by atoms with Crippen LogP contribution in [0, 0.1) is 0 Å². The van der Waals surface area contributed by atoms with E-state index in [0.717, 1.165) is 4.90 Å². The average Bonchev–Trinajstić information content (AvgIpc) is 2.17. The Morgan fingerprint density at radius 2 is 1.80 bits per heavy atom. The van der Waals surface area contributed by atoms with Crippen LogP contribution in [0.15, 0.2) is 29.2 Å². The molecule has 0 unspecified atom stereocenters. The zero-order valence-corrected chi connectivity index (χ0v) is 8.58. The highest BCUT2D eigenvalue weighted by Gasteiger charge is 2.38. The van der Waals surface area contributed by atoms with Gasteiger partial charge in [0.05, 0.1) is 0 Å². The lowest BCUT2D eigenvalue weighted by Crippen LogP contribution is -2.29. The molecule has 0 atom stereocenters. The van der Waals surface area contributed by atoms with Gasteiger partial charge < -0.3 is 5.32 Å². The van der Waals surface area contributed by atoms with E-state index in [-0.39, 0.29) is 5.69 Å². The van der Waals surface area contributed by atoms with Gasteiger partial charge in [0.2, 0.25) is 0 Å². The van der Waals surface area contributed by atoms with Crippen LogP contribution in [0.25, 0.3) is 0 Å². The highest BCUT2D eigenvalue weighted by atomic mass is 32.2. The van der Waals surface area contributed by atoms with Gasteiger partial charge in [0.15, 0.2) is 0 Å². The molecule has 0 aliphatic heterocycles. The van der Waals surface area contributed by atoms with Crippen LogP contribution in [-0.2, 0) is 4.79 Å². The number of thioether (sulfide) groups is 1. The van der Waals surface area contributed by atoms with Gasteiger partial charge in [0.25, 0.3) is 0 Å². The number of carbonyl (C=O) groups is 1. The van der Waals surface area contributed by atoms with Crippen LogP contribution in [0.5, 0.6) is 0 Å². The Morgan fingerprint density at radius 3 is 2.20 bits per heavy atom. The molecule has 0 aromatic heterocycles. The SMILES string of the molecule is CSc1ccc(NC(=O)C(F)(F)F)cc1. The zero-order valence-electron chi connectivity index (χ0n) is 7.76. The van der Waals surface area contributed by atoms with Crippen molar-refractivity contribution >= 4 is 23.4 Å². The number of anilines is 1. The van der Waals surface area contributed by atoms with Crippen molar-refractivity contribution in [1.29, 1.82) is 0 Å². The molecule has 1 rings (SSSR count). The first kappa shape index (κ1) is 11.9. The van der Waals surface area contributed by atoms with Crippen molar-refractivity contribution in [2.24, 2.45) is 0 Å². The van der Waals surface area contributed by atoms with Crippen LogP contribution < -0.4 is 5.32 Å². The number of hydrogen-bond donors (Lipinski definition) is 1. The summed E-state index contributed by atoms with van der Waals surface area (Å²) >= 11 is 1.47. The number of amides is 1. The lowest BCUT2D eigenvalue weighted by molar-refractivity contribution is -0.167. The fourth-order valence-electron chi connectivity index (χ4n) is 0.876. The van der Waals surface area contributed by atoms with Crippen LogP contribution in [0.2, 0.25) is 0 Å². The molecule has 2 nitrogen and oxygen atoms in total. The van der Waals surface area contributed by atoms with Crippen LogP contribution in [0.3, 0.4) is 0 Å². The third kappa shape index (κ3) is 3.47. The molecule has 6 heteroatoms. The molecule has 1 aromatic rings. The summed E-state index contributed by atoms with van der Waals surface area (Å²) in [5, 5.41) is 1.76. The molecule has 1 aromatic carbocycles. The van der Waals surface area contributed by atoms with Gasteiger partial charge in [-0.1, -0.05) is 0 Å². The lowest BCUT2D eigenvalue weighted by Gasteiger charge is -2.07. The first-order valence-corrected chi connectivity index (χ1v) is 5.18. The van der Waals surface area contributed by atoms with Gasteiger partial charge in [-0.3, -0.25) is 4.79 Å².